The Kier molecular flexibility index (Phi) is 4.65. The minimum absolute atomic E-state index is 0.173. The summed E-state index contributed by atoms with van der Waals surface area (Å²) in [6.07, 6.45) is 2.32. The van der Waals surface area contributed by atoms with Crippen LogP contribution < -0.4 is 5.73 Å². The van der Waals surface area contributed by atoms with Crippen LogP contribution >= 0.6 is 0 Å². The van der Waals surface area contributed by atoms with Gasteiger partial charge in [-0.1, -0.05) is 13.3 Å². The third-order valence-corrected chi connectivity index (χ3v) is 1.12. The molecular formula is C8H19NO. The van der Waals surface area contributed by atoms with Gasteiger partial charge in [0.2, 0.25) is 0 Å². The zero-order chi connectivity index (χ0) is 8.04. The first-order valence-corrected chi connectivity index (χ1v) is 3.93. The van der Waals surface area contributed by atoms with E-state index in [1.807, 2.05) is 13.8 Å². The molecule has 2 nitrogen and oxygen atoms in total. The Morgan fingerprint density at radius 1 is 1.40 bits per heavy atom. The van der Waals surface area contributed by atoms with Crippen LogP contribution in [0.1, 0.15) is 33.6 Å². The zero-order valence-electron chi connectivity index (χ0n) is 7.31. The molecule has 0 saturated carbocycles. The van der Waals surface area contributed by atoms with E-state index in [-0.39, 0.29) is 5.54 Å². The second-order valence-corrected chi connectivity index (χ2v) is 3.39. The van der Waals surface area contributed by atoms with Gasteiger partial charge in [-0.05, 0) is 20.3 Å². The van der Waals surface area contributed by atoms with Gasteiger partial charge in [-0.25, -0.2) is 0 Å². The van der Waals surface area contributed by atoms with Crippen LogP contribution in [0.3, 0.4) is 0 Å². The van der Waals surface area contributed by atoms with Gasteiger partial charge in [-0.3, -0.25) is 0 Å². The Balaban J connectivity index is 3.04. The van der Waals surface area contributed by atoms with Crippen molar-refractivity contribution in [2.24, 2.45) is 5.73 Å². The Bertz CT molecular complexity index is 75.8. The fourth-order valence-electron chi connectivity index (χ4n) is 0.582. The summed E-state index contributed by atoms with van der Waals surface area (Å²) in [4.78, 5) is 0. The molecule has 0 unspecified atom stereocenters. The number of hydrogen-bond acceptors (Lipinski definition) is 2. The van der Waals surface area contributed by atoms with Crippen molar-refractivity contribution in [2.45, 2.75) is 39.2 Å². The normalized spacial score (nSPS) is 12.0. The molecule has 0 aromatic carbocycles. The maximum Gasteiger partial charge on any atom is 0.0640 e. The van der Waals surface area contributed by atoms with Crippen LogP contribution in [0.25, 0.3) is 0 Å². The van der Waals surface area contributed by atoms with Crippen molar-refractivity contribution < 1.29 is 4.74 Å². The van der Waals surface area contributed by atoms with E-state index in [0.717, 1.165) is 13.0 Å². The Labute approximate surface area is 63.7 Å². The Hall–Kier alpha value is -0.0800. The van der Waals surface area contributed by atoms with Gasteiger partial charge in [0.25, 0.3) is 0 Å². The summed E-state index contributed by atoms with van der Waals surface area (Å²) in [6.45, 7) is 7.60. The fraction of sp³-hybridized carbons (Fsp3) is 1.00. The van der Waals surface area contributed by atoms with Crippen LogP contribution in [0.4, 0.5) is 0 Å². The number of rotatable bonds is 5. The van der Waals surface area contributed by atoms with Gasteiger partial charge in [0.1, 0.15) is 0 Å². The molecule has 0 aromatic rings. The molecule has 2 heteroatoms. The lowest BCUT2D eigenvalue weighted by Crippen LogP contribution is -2.37. The van der Waals surface area contributed by atoms with Crippen LogP contribution in [0, 0.1) is 0 Å². The van der Waals surface area contributed by atoms with E-state index in [1.54, 1.807) is 0 Å². The van der Waals surface area contributed by atoms with Crippen LogP contribution in [-0.4, -0.2) is 18.8 Å². The van der Waals surface area contributed by atoms with E-state index in [4.69, 9.17) is 10.5 Å². The van der Waals surface area contributed by atoms with Gasteiger partial charge in [0, 0.05) is 12.1 Å². The van der Waals surface area contributed by atoms with Crippen LogP contribution in [-0.2, 0) is 4.74 Å². The second-order valence-electron chi connectivity index (χ2n) is 3.39. The number of unbranched alkanes of at least 4 members (excludes halogenated alkanes) is 1. The molecule has 0 heterocycles. The first-order chi connectivity index (χ1) is 4.56. The van der Waals surface area contributed by atoms with Crippen molar-refractivity contribution in [3.63, 3.8) is 0 Å². The molecule has 0 amide bonds. The highest BCUT2D eigenvalue weighted by Crippen LogP contribution is 1.97. The van der Waals surface area contributed by atoms with Gasteiger partial charge >= 0.3 is 0 Å². The largest absolute Gasteiger partial charge is 0.380 e. The van der Waals surface area contributed by atoms with E-state index in [9.17, 15) is 0 Å². The summed E-state index contributed by atoms with van der Waals surface area (Å²) in [7, 11) is 0. The lowest BCUT2D eigenvalue weighted by molar-refractivity contribution is 0.0950. The van der Waals surface area contributed by atoms with Gasteiger partial charge in [-0.2, -0.15) is 0 Å². The minimum Gasteiger partial charge on any atom is -0.380 e. The summed E-state index contributed by atoms with van der Waals surface area (Å²) in [5.41, 5.74) is 5.52. The van der Waals surface area contributed by atoms with E-state index in [2.05, 4.69) is 6.92 Å². The van der Waals surface area contributed by atoms with Gasteiger partial charge < -0.3 is 10.5 Å². The molecule has 0 bridgehead atoms. The van der Waals surface area contributed by atoms with Crippen LogP contribution in [0.15, 0.2) is 0 Å². The highest BCUT2D eigenvalue weighted by atomic mass is 16.5. The Morgan fingerprint density at radius 2 is 2.00 bits per heavy atom. The molecule has 0 aliphatic rings. The molecule has 0 spiro atoms. The first-order valence-electron chi connectivity index (χ1n) is 3.93. The molecule has 0 fully saturated rings. The van der Waals surface area contributed by atoms with E-state index in [0.29, 0.717) is 6.61 Å². The highest BCUT2D eigenvalue weighted by Gasteiger charge is 2.09. The monoisotopic (exact) mass is 145 g/mol. The van der Waals surface area contributed by atoms with Gasteiger partial charge in [0.05, 0.1) is 6.61 Å². The number of nitrogens with two attached hydrogens (primary N) is 1. The topological polar surface area (TPSA) is 35.2 Å². The van der Waals surface area contributed by atoms with Crippen molar-refractivity contribution >= 4 is 0 Å². The van der Waals surface area contributed by atoms with Crippen molar-refractivity contribution in [2.75, 3.05) is 13.2 Å². The van der Waals surface area contributed by atoms with Gasteiger partial charge in [0.15, 0.2) is 0 Å². The SMILES string of the molecule is CCCCOCC(C)(C)N. The number of hydrogen-bond donors (Lipinski definition) is 1. The minimum atomic E-state index is -0.173. The molecule has 0 atom stereocenters. The summed E-state index contributed by atoms with van der Waals surface area (Å²) >= 11 is 0. The zero-order valence-corrected chi connectivity index (χ0v) is 7.31. The molecule has 0 radical (unpaired) electrons. The average molecular weight is 145 g/mol. The maximum atomic E-state index is 5.69. The first kappa shape index (κ1) is 9.92. The molecule has 0 saturated heterocycles. The average Bonchev–Trinajstić information content (AvgIpc) is 1.78. The molecule has 0 aliphatic carbocycles. The fourth-order valence-corrected chi connectivity index (χ4v) is 0.582. The summed E-state index contributed by atoms with van der Waals surface area (Å²) in [5.74, 6) is 0. The van der Waals surface area contributed by atoms with Crippen molar-refractivity contribution in [3.8, 4) is 0 Å². The third kappa shape index (κ3) is 7.92. The standard InChI is InChI=1S/C8H19NO/c1-4-5-6-10-7-8(2,3)9/h4-7,9H2,1-3H3. The van der Waals surface area contributed by atoms with E-state index >= 15 is 0 Å². The predicted octanol–water partition coefficient (Wildman–Crippen LogP) is 1.54. The third-order valence-electron chi connectivity index (χ3n) is 1.12. The summed E-state index contributed by atoms with van der Waals surface area (Å²) in [6, 6.07) is 0. The molecule has 0 rings (SSSR count). The lowest BCUT2D eigenvalue weighted by Gasteiger charge is -2.17. The smallest absolute Gasteiger partial charge is 0.0640 e. The van der Waals surface area contributed by atoms with Crippen molar-refractivity contribution in [1.82, 2.24) is 0 Å². The quantitative estimate of drug-likeness (QED) is 0.595. The van der Waals surface area contributed by atoms with Crippen LogP contribution in [0.5, 0.6) is 0 Å². The lowest BCUT2D eigenvalue weighted by atomic mass is 10.1. The van der Waals surface area contributed by atoms with Crippen LogP contribution in [0.2, 0.25) is 0 Å². The highest BCUT2D eigenvalue weighted by molar-refractivity contribution is 4.69. The number of ether oxygens (including phenoxy) is 1. The van der Waals surface area contributed by atoms with E-state index < -0.39 is 0 Å². The summed E-state index contributed by atoms with van der Waals surface area (Å²) in [5, 5.41) is 0. The van der Waals surface area contributed by atoms with Gasteiger partial charge in [-0.15, -0.1) is 0 Å². The molecule has 62 valence electrons. The van der Waals surface area contributed by atoms with Crippen molar-refractivity contribution in [1.29, 1.82) is 0 Å². The summed E-state index contributed by atoms with van der Waals surface area (Å²) < 4.78 is 5.31. The van der Waals surface area contributed by atoms with Crippen molar-refractivity contribution in [3.05, 3.63) is 0 Å². The molecule has 0 aromatic heterocycles. The predicted molar refractivity (Wildman–Crippen MR) is 44.0 cm³/mol. The van der Waals surface area contributed by atoms with E-state index in [1.165, 1.54) is 6.42 Å². The second kappa shape index (κ2) is 4.69. The molecule has 0 aliphatic heterocycles. The molecular weight excluding hydrogens is 126 g/mol. The maximum absolute atomic E-state index is 5.69. The molecule has 2 N–H and O–H groups in total. The Morgan fingerprint density at radius 3 is 2.40 bits per heavy atom. The molecule has 10 heavy (non-hydrogen) atoms.